The highest BCUT2D eigenvalue weighted by molar-refractivity contribution is 9.11. The summed E-state index contributed by atoms with van der Waals surface area (Å²) in [4.78, 5) is 22.3. The van der Waals surface area contributed by atoms with Gasteiger partial charge in [0.25, 0.3) is 5.69 Å². The molecule has 0 aliphatic rings. The van der Waals surface area contributed by atoms with Gasteiger partial charge in [-0.2, -0.15) is 0 Å². The first-order chi connectivity index (χ1) is 10.0. The summed E-state index contributed by atoms with van der Waals surface area (Å²) in [6.07, 6.45) is 0. The first kappa shape index (κ1) is 15.7. The second-order valence-electron chi connectivity index (χ2n) is 4.06. The van der Waals surface area contributed by atoms with E-state index in [4.69, 9.17) is 4.74 Å². The average Bonchev–Trinajstić information content (AvgIpc) is 2.46. The lowest BCUT2D eigenvalue weighted by molar-refractivity contribution is -0.385. The highest BCUT2D eigenvalue weighted by Gasteiger charge is 2.20. The van der Waals surface area contributed by atoms with Crippen LogP contribution in [0.3, 0.4) is 0 Å². The fraction of sp³-hybridized carbons (Fsp3) is 0.0714. The summed E-state index contributed by atoms with van der Waals surface area (Å²) in [5.74, 6) is -0.624. The van der Waals surface area contributed by atoms with Gasteiger partial charge in [-0.3, -0.25) is 10.1 Å². The van der Waals surface area contributed by atoms with Gasteiger partial charge in [-0.15, -0.1) is 0 Å². The number of nitrogens with zero attached hydrogens (tertiary/aromatic N) is 1. The smallest absolute Gasteiger partial charge is 0.339 e. The van der Waals surface area contributed by atoms with Crippen molar-refractivity contribution >= 4 is 43.5 Å². The number of hydrogen-bond acceptors (Lipinski definition) is 4. The zero-order valence-corrected chi connectivity index (χ0v) is 13.8. The Hall–Kier alpha value is -1.73. The van der Waals surface area contributed by atoms with Crippen LogP contribution in [0, 0.1) is 10.1 Å². The molecule has 0 saturated carbocycles. The third kappa shape index (κ3) is 3.68. The van der Waals surface area contributed by atoms with Crippen molar-refractivity contribution in [2.24, 2.45) is 0 Å². The summed E-state index contributed by atoms with van der Waals surface area (Å²) < 4.78 is 6.14. The molecule has 2 aromatic rings. The normalized spacial score (nSPS) is 10.2. The molecule has 0 bridgehead atoms. The molecule has 21 heavy (non-hydrogen) atoms. The quantitative estimate of drug-likeness (QED) is 0.420. The molecule has 0 aliphatic heterocycles. The summed E-state index contributed by atoms with van der Waals surface area (Å²) >= 11 is 6.43. The molecule has 0 amide bonds. The van der Waals surface area contributed by atoms with E-state index in [1.54, 1.807) is 0 Å². The molecule has 0 aliphatic carbocycles. The zero-order chi connectivity index (χ0) is 15.4. The van der Waals surface area contributed by atoms with E-state index in [9.17, 15) is 14.9 Å². The number of rotatable bonds is 4. The Bertz CT molecular complexity index is 703. The highest BCUT2D eigenvalue weighted by atomic mass is 79.9. The molecule has 0 fully saturated rings. The van der Waals surface area contributed by atoms with Crippen LogP contribution in [0.5, 0.6) is 0 Å². The molecule has 0 heterocycles. The molecule has 0 spiro atoms. The molecule has 5 nitrogen and oxygen atoms in total. The summed E-state index contributed by atoms with van der Waals surface area (Å²) in [6, 6.07) is 11.6. The van der Waals surface area contributed by atoms with Gasteiger partial charge in [0, 0.05) is 16.1 Å². The largest absolute Gasteiger partial charge is 0.457 e. The number of benzene rings is 2. The molecule has 108 valence electrons. The first-order valence-electron chi connectivity index (χ1n) is 5.84. The Labute approximate surface area is 137 Å². The van der Waals surface area contributed by atoms with Crippen molar-refractivity contribution in [2.75, 3.05) is 0 Å². The summed E-state index contributed by atoms with van der Waals surface area (Å²) in [7, 11) is 0. The van der Waals surface area contributed by atoms with Gasteiger partial charge in [0.15, 0.2) is 0 Å². The Morgan fingerprint density at radius 2 is 1.86 bits per heavy atom. The van der Waals surface area contributed by atoms with Gasteiger partial charge in [0.1, 0.15) is 11.1 Å². The van der Waals surface area contributed by atoms with Crippen LogP contribution >= 0.6 is 31.9 Å². The van der Waals surface area contributed by atoms with Crippen LogP contribution in [0.4, 0.5) is 5.69 Å². The van der Waals surface area contributed by atoms with Crippen LogP contribution in [0.15, 0.2) is 51.4 Å². The molecule has 0 atom stereocenters. The number of nitro groups is 1. The van der Waals surface area contributed by atoms with Crippen LogP contribution in [0.2, 0.25) is 0 Å². The number of halogens is 2. The number of carbonyl (C=O) groups excluding carboxylic acids is 1. The second-order valence-corrected chi connectivity index (χ2v) is 5.71. The Morgan fingerprint density at radius 1 is 1.14 bits per heavy atom. The Balaban J connectivity index is 2.16. The maximum absolute atomic E-state index is 12.0. The number of ether oxygens (including phenoxy) is 1. The SMILES string of the molecule is O=C(OCc1ccccc1Br)c1cccc([N+](=O)[O-])c1Br. The van der Waals surface area contributed by atoms with Crippen molar-refractivity contribution in [3.05, 3.63) is 72.7 Å². The fourth-order valence-corrected chi connectivity index (χ4v) is 2.63. The van der Waals surface area contributed by atoms with Crippen molar-refractivity contribution < 1.29 is 14.5 Å². The highest BCUT2D eigenvalue weighted by Crippen LogP contribution is 2.29. The van der Waals surface area contributed by atoms with Crippen LogP contribution < -0.4 is 0 Å². The third-order valence-electron chi connectivity index (χ3n) is 2.71. The van der Waals surface area contributed by atoms with Crippen LogP contribution in [-0.2, 0) is 11.3 Å². The van der Waals surface area contributed by atoms with E-state index in [2.05, 4.69) is 31.9 Å². The predicted molar refractivity (Wildman–Crippen MR) is 84.1 cm³/mol. The van der Waals surface area contributed by atoms with Gasteiger partial charge in [-0.25, -0.2) is 4.79 Å². The maximum Gasteiger partial charge on any atom is 0.339 e. The Morgan fingerprint density at radius 3 is 2.52 bits per heavy atom. The number of esters is 1. The molecule has 2 aromatic carbocycles. The van der Waals surface area contributed by atoms with E-state index in [0.717, 1.165) is 10.0 Å². The van der Waals surface area contributed by atoms with E-state index >= 15 is 0 Å². The summed E-state index contributed by atoms with van der Waals surface area (Å²) in [5, 5.41) is 10.8. The molecule has 0 aromatic heterocycles. The fourth-order valence-electron chi connectivity index (χ4n) is 1.65. The minimum atomic E-state index is -0.624. The van der Waals surface area contributed by atoms with Gasteiger partial charge in [0.05, 0.1) is 10.5 Å². The van der Waals surface area contributed by atoms with Gasteiger partial charge in [-0.05, 0) is 28.1 Å². The van der Waals surface area contributed by atoms with Gasteiger partial charge in [0.2, 0.25) is 0 Å². The van der Waals surface area contributed by atoms with Crippen LogP contribution in [-0.4, -0.2) is 10.9 Å². The first-order valence-corrected chi connectivity index (χ1v) is 7.42. The molecule has 0 unspecified atom stereocenters. The van der Waals surface area contributed by atoms with Gasteiger partial charge in [-0.1, -0.05) is 40.2 Å². The lowest BCUT2D eigenvalue weighted by Gasteiger charge is -2.08. The Kier molecular flexibility index (Phi) is 5.08. The van der Waals surface area contributed by atoms with Crippen molar-refractivity contribution in [1.82, 2.24) is 0 Å². The van der Waals surface area contributed by atoms with E-state index in [-0.39, 0.29) is 22.3 Å². The van der Waals surface area contributed by atoms with Crippen molar-refractivity contribution in [2.45, 2.75) is 6.61 Å². The molecule has 7 heteroatoms. The van der Waals surface area contributed by atoms with Crippen molar-refractivity contribution in [3.8, 4) is 0 Å². The van der Waals surface area contributed by atoms with Crippen LogP contribution in [0.25, 0.3) is 0 Å². The monoisotopic (exact) mass is 413 g/mol. The standard InChI is InChI=1S/C14H9Br2NO4/c15-11-6-2-1-4-9(11)8-21-14(18)10-5-3-7-12(13(10)16)17(19)20/h1-7H,8H2. The number of carbonyl (C=O) groups is 1. The van der Waals surface area contributed by atoms with Crippen LogP contribution in [0.1, 0.15) is 15.9 Å². The lowest BCUT2D eigenvalue weighted by atomic mass is 10.2. The molecule has 2 rings (SSSR count). The van der Waals surface area contributed by atoms with Crippen molar-refractivity contribution in [3.63, 3.8) is 0 Å². The predicted octanol–water partition coefficient (Wildman–Crippen LogP) is 4.48. The molecule has 0 N–H and O–H groups in total. The van der Waals surface area contributed by atoms with Gasteiger partial charge < -0.3 is 4.74 Å². The van der Waals surface area contributed by atoms with Crippen molar-refractivity contribution in [1.29, 1.82) is 0 Å². The van der Waals surface area contributed by atoms with E-state index in [1.165, 1.54) is 18.2 Å². The second kappa shape index (κ2) is 6.82. The molecular formula is C14H9Br2NO4. The maximum atomic E-state index is 12.0. The summed E-state index contributed by atoms with van der Waals surface area (Å²) in [5.41, 5.74) is 0.758. The molecular weight excluding hydrogens is 406 g/mol. The number of nitro benzene ring substituents is 1. The van der Waals surface area contributed by atoms with Gasteiger partial charge >= 0.3 is 5.97 Å². The average molecular weight is 415 g/mol. The van der Waals surface area contributed by atoms with E-state index in [1.807, 2.05) is 24.3 Å². The lowest BCUT2D eigenvalue weighted by Crippen LogP contribution is -2.07. The third-order valence-corrected chi connectivity index (χ3v) is 4.32. The number of hydrogen-bond donors (Lipinski definition) is 0. The minimum Gasteiger partial charge on any atom is -0.457 e. The van der Waals surface area contributed by atoms with E-state index < -0.39 is 10.9 Å². The molecule has 0 radical (unpaired) electrons. The summed E-state index contributed by atoms with van der Waals surface area (Å²) in [6.45, 7) is 0.0788. The topological polar surface area (TPSA) is 69.4 Å². The molecule has 0 saturated heterocycles. The minimum absolute atomic E-state index is 0.0788. The zero-order valence-electron chi connectivity index (χ0n) is 10.6. The van der Waals surface area contributed by atoms with E-state index in [0.29, 0.717) is 0 Å².